The van der Waals surface area contributed by atoms with Gasteiger partial charge in [-0.25, -0.2) is 4.79 Å². The van der Waals surface area contributed by atoms with Crippen molar-refractivity contribution in [3.05, 3.63) is 12.2 Å². The van der Waals surface area contributed by atoms with Gasteiger partial charge in [0.2, 0.25) is 0 Å². The van der Waals surface area contributed by atoms with Crippen LogP contribution in [0.2, 0.25) is 0 Å². The Hall–Kier alpha value is -0.830. The van der Waals surface area contributed by atoms with E-state index in [1.54, 1.807) is 13.0 Å². The third-order valence-corrected chi connectivity index (χ3v) is 0.528. The molecule has 0 saturated heterocycles. The molecule has 3 nitrogen and oxygen atoms in total. The molecule has 0 unspecified atom stereocenters. The summed E-state index contributed by atoms with van der Waals surface area (Å²) in [6.07, 6.45) is 2.91. The normalized spacial score (nSPS) is 9.75. The quantitative estimate of drug-likeness (QED) is 0.313. The summed E-state index contributed by atoms with van der Waals surface area (Å²) in [4.78, 5) is 10.3. The van der Waals surface area contributed by atoms with Crippen molar-refractivity contribution in [3.63, 3.8) is 0 Å². The number of carbonyl (C=O) groups excluding carboxylic acids is 1. The van der Waals surface area contributed by atoms with Crippen LogP contribution in [0.1, 0.15) is 6.92 Å². The molecule has 2 N–H and O–H groups in total. The van der Waals surface area contributed by atoms with E-state index in [1.165, 1.54) is 6.08 Å². The fraction of sp³-hybridized carbons (Fsp3) is 0.400. The maximum absolute atomic E-state index is 10.3. The maximum Gasteiger partial charge on any atom is 0.331 e. The lowest BCUT2D eigenvalue weighted by molar-refractivity contribution is -0.137. The molecule has 3 heteroatoms. The van der Waals surface area contributed by atoms with Crippen molar-refractivity contribution in [3.8, 4) is 0 Å². The van der Waals surface area contributed by atoms with Crippen molar-refractivity contribution < 1.29 is 9.53 Å². The van der Waals surface area contributed by atoms with Crippen LogP contribution in [0.4, 0.5) is 0 Å². The smallest absolute Gasteiger partial charge is 0.331 e. The van der Waals surface area contributed by atoms with Gasteiger partial charge in [-0.05, 0) is 6.92 Å². The fourth-order valence-corrected chi connectivity index (χ4v) is 0.266. The Labute approximate surface area is 48.1 Å². The zero-order chi connectivity index (χ0) is 6.41. The van der Waals surface area contributed by atoms with Crippen LogP contribution in [0.25, 0.3) is 0 Å². The van der Waals surface area contributed by atoms with Gasteiger partial charge in [0.15, 0.2) is 0 Å². The molecule has 8 heavy (non-hydrogen) atoms. The topological polar surface area (TPSA) is 52.3 Å². The Balaban J connectivity index is 3.33. The minimum absolute atomic E-state index is 0.0524. The minimum atomic E-state index is -0.394. The van der Waals surface area contributed by atoms with Gasteiger partial charge in [-0.2, -0.15) is 0 Å². The molecule has 0 fully saturated rings. The SMILES string of the molecule is CC=CC(=O)OCN. The predicted molar refractivity (Wildman–Crippen MR) is 30.0 cm³/mol. The second-order valence-electron chi connectivity index (χ2n) is 1.13. The van der Waals surface area contributed by atoms with Gasteiger partial charge in [-0.3, -0.25) is 5.73 Å². The van der Waals surface area contributed by atoms with Crippen LogP contribution in [0, 0.1) is 0 Å². The second-order valence-corrected chi connectivity index (χ2v) is 1.13. The Morgan fingerprint density at radius 3 is 2.88 bits per heavy atom. The zero-order valence-corrected chi connectivity index (χ0v) is 4.76. The summed E-state index contributed by atoms with van der Waals surface area (Å²) in [5, 5.41) is 0. The molecule has 0 heterocycles. The van der Waals surface area contributed by atoms with Gasteiger partial charge in [0.05, 0.1) is 0 Å². The highest BCUT2D eigenvalue weighted by molar-refractivity contribution is 5.81. The molecule has 0 amide bonds. The van der Waals surface area contributed by atoms with Gasteiger partial charge in [0, 0.05) is 6.08 Å². The molecule has 0 bridgehead atoms. The first-order chi connectivity index (χ1) is 3.81. The number of allylic oxidation sites excluding steroid dienone is 1. The molecule has 0 spiro atoms. The number of ether oxygens (including phenoxy) is 1. The Morgan fingerprint density at radius 1 is 1.88 bits per heavy atom. The summed E-state index contributed by atoms with van der Waals surface area (Å²) in [6.45, 7) is 1.68. The average Bonchev–Trinajstić information content (AvgIpc) is 1.68. The molecular formula is C5H9NO2. The summed E-state index contributed by atoms with van der Waals surface area (Å²) in [5.74, 6) is -0.394. The number of nitrogens with two attached hydrogens (primary N) is 1. The van der Waals surface area contributed by atoms with Gasteiger partial charge in [0.25, 0.3) is 0 Å². The van der Waals surface area contributed by atoms with Crippen LogP contribution in [0.3, 0.4) is 0 Å². The van der Waals surface area contributed by atoms with Crippen LogP contribution >= 0.6 is 0 Å². The largest absolute Gasteiger partial charge is 0.447 e. The molecule has 0 aromatic carbocycles. The standard InChI is InChI=1S/C5H9NO2/c1-2-3-5(7)8-4-6/h2-3H,4,6H2,1H3. The van der Waals surface area contributed by atoms with E-state index in [-0.39, 0.29) is 6.73 Å². The van der Waals surface area contributed by atoms with Gasteiger partial charge in [-0.1, -0.05) is 6.08 Å². The number of carbonyl (C=O) groups is 1. The van der Waals surface area contributed by atoms with Crippen LogP contribution < -0.4 is 5.73 Å². The lowest BCUT2D eigenvalue weighted by Gasteiger charge is -1.91. The molecule has 0 rings (SSSR count). The van der Waals surface area contributed by atoms with Crippen molar-refractivity contribution in [2.24, 2.45) is 5.73 Å². The fourth-order valence-electron chi connectivity index (χ4n) is 0.266. The molecule has 0 radical (unpaired) electrons. The number of hydrogen-bond acceptors (Lipinski definition) is 3. The summed E-state index contributed by atoms with van der Waals surface area (Å²) in [7, 11) is 0. The van der Waals surface area contributed by atoms with E-state index >= 15 is 0 Å². The molecule has 0 aliphatic rings. The van der Waals surface area contributed by atoms with E-state index in [0.29, 0.717) is 0 Å². The molecule has 0 saturated carbocycles. The van der Waals surface area contributed by atoms with Gasteiger partial charge >= 0.3 is 5.97 Å². The van der Waals surface area contributed by atoms with Crippen molar-refractivity contribution in [2.45, 2.75) is 6.92 Å². The van der Waals surface area contributed by atoms with E-state index in [9.17, 15) is 4.79 Å². The molecule has 46 valence electrons. The first-order valence-corrected chi connectivity index (χ1v) is 2.30. The third-order valence-electron chi connectivity index (χ3n) is 0.528. The van der Waals surface area contributed by atoms with Gasteiger partial charge < -0.3 is 4.74 Å². The zero-order valence-electron chi connectivity index (χ0n) is 4.76. The minimum Gasteiger partial charge on any atom is -0.447 e. The van der Waals surface area contributed by atoms with Crippen LogP contribution in [0.5, 0.6) is 0 Å². The molecule has 0 atom stereocenters. The van der Waals surface area contributed by atoms with Crippen LogP contribution in [0.15, 0.2) is 12.2 Å². The van der Waals surface area contributed by atoms with Crippen molar-refractivity contribution in [1.82, 2.24) is 0 Å². The van der Waals surface area contributed by atoms with E-state index < -0.39 is 5.97 Å². The highest BCUT2D eigenvalue weighted by Gasteiger charge is 1.88. The number of hydrogen-bond donors (Lipinski definition) is 1. The van der Waals surface area contributed by atoms with Gasteiger partial charge in [0.1, 0.15) is 6.73 Å². The lowest BCUT2D eigenvalue weighted by atomic mass is 10.5. The third kappa shape index (κ3) is 3.36. The maximum atomic E-state index is 10.3. The molecule has 0 aliphatic heterocycles. The van der Waals surface area contributed by atoms with Crippen molar-refractivity contribution in [2.75, 3.05) is 6.73 Å². The Morgan fingerprint density at radius 2 is 2.50 bits per heavy atom. The Bertz CT molecular complexity index is 98.6. The van der Waals surface area contributed by atoms with E-state index in [0.717, 1.165) is 0 Å². The van der Waals surface area contributed by atoms with E-state index in [4.69, 9.17) is 5.73 Å². The molecule has 0 aromatic rings. The Kier molecular flexibility index (Phi) is 3.88. The first kappa shape index (κ1) is 7.17. The van der Waals surface area contributed by atoms with Crippen molar-refractivity contribution >= 4 is 5.97 Å². The summed E-state index contributed by atoms with van der Waals surface area (Å²) in [5.41, 5.74) is 4.88. The number of esters is 1. The molecule has 0 aliphatic carbocycles. The summed E-state index contributed by atoms with van der Waals surface area (Å²) >= 11 is 0. The highest BCUT2D eigenvalue weighted by atomic mass is 16.5. The summed E-state index contributed by atoms with van der Waals surface area (Å²) < 4.78 is 4.33. The summed E-state index contributed by atoms with van der Waals surface area (Å²) in [6, 6.07) is 0. The van der Waals surface area contributed by atoms with Crippen molar-refractivity contribution in [1.29, 1.82) is 0 Å². The van der Waals surface area contributed by atoms with E-state index in [2.05, 4.69) is 4.74 Å². The monoisotopic (exact) mass is 115 g/mol. The molecule has 0 aromatic heterocycles. The molecular weight excluding hydrogens is 106 g/mol. The lowest BCUT2D eigenvalue weighted by Crippen LogP contribution is -2.09. The average molecular weight is 115 g/mol. The number of rotatable bonds is 2. The van der Waals surface area contributed by atoms with Gasteiger partial charge in [-0.15, -0.1) is 0 Å². The first-order valence-electron chi connectivity index (χ1n) is 2.30. The highest BCUT2D eigenvalue weighted by Crippen LogP contribution is 1.75. The van der Waals surface area contributed by atoms with Crippen LogP contribution in [-0.2, 0) is 9.53 Å². The second kappa shape index (κ2) is 4.33. The van der Waals surface area contributed by atoms with Crippen LogP contribution in [-0.4, -0.2) is 12.7 Å². The van der Waals surface area contributed by atoms with E-state index in [1.807, 2.05) is 0 Å². The predicted octanol–water partition coefficient (Wildman–Crippen LogP) is 0.0219.